The Morgan fingerprint density at radius 2 is 1.81 bits per heavy atom. The van der Waals surface area contributed by atoms with Gasteiger partial charge in [-0.2, -0.15) is 13.2 Å². The van der Waals surface area contributed by atoms with Crippen LogP contribution in [0.25, 0.3) is 0 Å². The first-order chi connectivity index (χ1) is 12.4. The Morgan fingerprint density at radius 1 is 1.12 bits per heavy atom. The Hall–Kier alpha value is -2.25. The molecule has 140 valence electrons. The molecule has 1 saturated heterocycles. The molecular weight excluding hydrogens is 345 g/mol. The minimum Gasteiger partial charge on any atom is -0.507 e. The number of aromatic hydroxyl groups is 1. The highest BCUT2D eigenvalue weighted by atomic mass is 19.4. The van der Waals surface area contributed by atoms with Crippen LogP contribution in [-0.4, -0.2) is 24.4 Å². The molecule has 7 heteroatoms. The van der Waals surface area contributed by atoms with Crippen molar-refractivity contribution >= 4 is 0 Å². The van der Waals surface area contributed by atoms with Gasteiger partial charge in [0.05, 0.1) is 13.2 Å². The summed E-state index contributed by atoms with van der Waals surface area (Å²) in [5.41, 5.74) is 6.89. The predicted molar refractivity (Wildman–Crippen MR) is 92.1 cm³/mol. The van der Waals surface area contributed by atoms with Crippen LogP contribution in [0, 0.1) is 0 Å². The number of phenols is 1. The number of alkyl halides is 3. The Bertz CT molecular complexity index is 765. The molecule has 26 heavy (non-hydrogen) atoms. The molecule has 1 aliphatic rings. The van der Waals surface area contributed by atoms with Crippen molar-refractivity contribution in [2.24, 2.45) is 0 Å². The van der Waals surface area contributed by atoms with E-state index in [0.717, 1.165) is 5.56 Å². The van der Waals surface area contributed by atoms with E-state index < -0.39 is 24.2 Å². The topological polar surface area (TPSA) is 53.5 Å². The number of halogens is 3. The number of nitrogens with one attached hydrogen (secondary N) is 2. The number of hydrazine groups is 1. The first kappa shape index (κ1) is 18.5. The molecule has 3 unspecified atom stereocenters. The lowest BCUT2D eigenvalue weighted by Gasteiger charge is -2.26. The summed E-state index contributed by atoms with van der Waals surface area (Å²) in [5.74, 6) is -0.495. The molecule has 4 nitrogen and oxygen atoms in total. The normalized spacial score (nSPS) is 23.2. The van der Waals surface area contributed by atoms with E-state index in [0.29, 0.717) is 23.3 Å². The van der Waals surface area contributed by atoms with Gasteiger partial charge in [-0.15, -0.1) is 0 Å². The van der Waals surface area contributed by atoms with Crippen molar-refractivity contribution in [3.8, 4) is 11.5 Å². The maximum absolute atomic E-state index is 13.6. The minimum atomic E-state index is -4.43. The molecule has 0 amide bonds. The molecule has 3 atom stereocenters. The molecule has 1 aliphatic heterocycles. The van der Waals surface area contributed by atoms with Gasteiger partial charge in [-0.05, 0) is 23.6 Å². The second-order valence-electron chi connectivity index (χ2n) is 6.30. The predicted octanol–water partition coefficient (Wildman–Crippen LogP) is 3.83. The second-order valence-corrected chi connectivity index (χ2v) is 6.30. The second kappa shape index (κ2) is 7.17. The van der Waals surface area contributed by atoms with Gasteiger partial charge < -0.3 is 9.84 Å². The van der Waals surface area contributed by atoms with E-state index in [2.05, 4.69) is 10.9 Å². The highest BCUT2D eigenvalue weighted by molar-refractivity contribution is 5.49. The number of hydrogen-bond donors (Lipinski definition) is 3. The Balaban J connectivity index is 2.09. The van der Waals surface area contributed by atoms with Crippen molar-refractivity contribution in [2.45, 2.75) is 37.5 Å². The highest BCUT2D eigenvalue weighted by Crippen LogP contribution is 2.46. The number of methoxy groups -OCH3 is 1. The Morgan fingerprint density at radius 3 is 2.38 bits per heavy atom. The maximum Gasteiger partial charge on any atom is 0.405 e. The van der Waals surface area contributed by atoms with E-state index in [-0.39, 0.29) is 5.75 Å². The number of rotatable bonds is 4. The molecule has 2 aromatic rings. The van der Waals surface area contributed by atoms with Crippen LogP contribution >= 0.6 is 0 Å². The fourth-order valence-electron chi connectivity index (χ4n) is 3.52. The van der Waals surface area contributed by atoms with Gasteiger partial charge in [0.25, 0.3) is 0 Å². The molecule has 2 aromatic carbocycles. The lowest BCUT2D eigenvalue weighted by atomic mass is 9.82. The van der Waals surface area contributed by atoms with Gasteiger partial charge in [-0.3, -0.25) is 0 Å². The molecule has 0 aromatic heterocycles. The first-order valence-electron chi connectivity index (χ1n) is 8.39. The molecule has 0 bridgehead atoms. The van der Waals surface area contributed by atoms with Crippen LogP contribution in [0.2, 0.25) is 0 Å². The molecule has 3 rings (SSSR count). The SMILES string of the molecule is CCc1cc(C2NNC(C(F)(F)F)C2c2ccccc2)c(O)cc1OC. The Labute approximate surface area is 150 Å². The molecule has 1 fully saturated rings. The van der Waals surface area contributed by atoms with Crippen LogP contribution in [0.3, 0.4) is 0 Å². The molecule has 3 N–H and O–H groups in total. The first-order valence-corrected chi connectivity index (χ1v) is 8.39. The van der Waals surface area contributed by atoms with Crippen molar-refractivity contribution in [3.63, 3.8) is 0 Å². The number of ether oxygens (including phenoxy) is 1. The van der Waals surface area contributed by atoms with E-state index in [1.165, 1.54) is 13.2 Å². The van der Waals surface area contributed by atoms with Gasteiger partial charge in [-0.25, -0.2) is 10.9 Å². The molecule has 0 aliphatic carbocycles. The summed E-state index contributed by atoms with van der Waals surface area (Å²) in [4.78, 5) is 0. The average molecular weight is 366 g/mol. The van der Waals surface area contributed by atoms with Crippen molar-refractivity contribution in [1.29, 1.82) is 0 Å². The monoisotopic (exact) mass is 366 g/mol. The zero-order valence-electron chi connectivity index (χ0n) is 14.5. The van der Waals surface area contributed by atoms with E-state index in [9.17, 15) is 18.3 Å². The van der Waals surface area contributed by atoms with Crippen LogP contribution in [0.1, 0.15) is 35.6 Å². The highest BCUT2D eigenvalue weighted by Gasteiger charge is 2.52. The molecule has 0 radical (unpaired) electrons. The summed E-state index contributed by atoms with van der Waals surface area (Å²) in [6.07, 6.45) is -3.80. The summed E-state index contributed by atoms with van der Waals surface area (Å²) in [5, 5.41) is 10.4. The zero-order valence-corrected chi connectivity index (χ0v) is 14.5. The lowest BCUT2D eigenvalue weighted by Crippen LogP contribution is -2.43. The van der Waals surface area contributed by atoms with Crippen molar-refractivity contribution in [3.05, 3.63) is 59.2 Å². The quantitative estimate of drug-likeness (QED) is 0.770. The van der Waals surface area contributed by atoms with Gasteiger partial charge >= 0.3 is 6.18 Å². The Kier molecular flexibility index (Phi) is 5.11. The van der Waals surface area contributed by atoms with Gasteiger partial charge in [0, 0.05) is 17.5 Å². The fourth-order valence-corrected chi connectivity index (χ4v) is 3.52. The third-order valence-corrected chi connectivity index (χ3v) is 4.80. The zero-order chi connectivity index (χ0) is 18.9. The number of phenolic OH excluding ortho intramolecular Hbond substituents is 1. The number of aryl methyl sites for hydroxylation is 1. The largest absolute Gasteiger partial charge is 0.507 e. The summed E-state index contributed by atoms with van der Waals surface area (Å²) in [7, 11) is 1.50. The van der Waals surface area contributed by atoms with Crippen LogP contribution in [-0.2, 0) is 6.42 Å². The summed E-state index contributed by atoms with van der Waals surface area (Å²) >= 11 is 0. The summed E-state index contributed by atoms with van der Waals surface area (Å²) < 4.78 is 45.9. The van der Waals surface area contributed by atoms with Crippen LogP contribution in [0.4, 0.5) is 13.2 Å². The lowest BCUT2D eigenvalue weighted by molar-refractivity contribution is -0.156. The summed E-state index contributed by atoms with van der Waals surface area (Å²) in [6.45, 7) is 1.92. The number of benzene rings is 2. The van der Waals surface area contributed by atoms with E-state index >= 15 is 0 Å². The third kappa shape index (κ3) is 3.37. The van der Waals surface area contributed by atoms with Crippen molar-refractivity contribution in [2.75, 3.05) is 7.11 Å². The third-order valence-electron chi connectivity index (χ3n) is 4.80. The van der Waals surface area contributed by atoms with Crippen LogP contribution in [0.5, 0.6) is 11.5 Å². The van der Waals surface area contributed by atoms with E-state index in [4.69, 9.17) is 4.74 Å². The molecule has 1 heterocycles. The van der Waals surface area contributed by atoms with Gasteiger partial charge in [-0.1, -0.05) is 37.3 Å². The smallest absolute Gasteiger partial charge is 0.405 e. The van der Waals surface area contributed by atoms with Gasteiger partial charge in [0.1, 0.15) is 17.5 Å². The number of hydrogen-bond acceptors (Lipinski definition) is 4. The maximum atomic E-state index is 13.6. The summed E-state index contributed by atoms with van der Waals surface area (Å²) in [6, 6.07) is 9.20. The van der Waals surface area contributed by atoms with Crippen molar-refractivity contribution in [1.82, 2.24) is 10.9 Å². The minimum absolute atomic E-state index is 0.0953. The van der Waals surface area contributed by atoms with Gasteiger partial charge in [0.2, 0.25) is 0 Å². The average Bonchev–Trinajstić information content (AvgIpc) is 3.07. The van der Waals surface area contributed by atoms with Gasteiger partial charge in [0.15, 0.2) is 0 Å². The van der Waals surface area contributed by atoms with Crippen LogP contribution in [0.15, 0.2) is 42.5 Å². The van der Waals surface area contributed by atoms with Crippen molar-refractivity contribution < 1.29 is 23.0 Å². The van der Waals surface area contributed by atoms with E-state index in [1.807, 2.05) is 6.92 Å². The molecular formula is C19H21F3N2O2. The molecule has 0 spiro atoms. The van der Waals surface area contributed by atoms with Crippen LogP contribution < -0.4 is 15.6 Å². The molecule has 0 saturated carbocycles. The van der Waals surface area contributed by atoms with E-state index in [1.54, 1.807) is 36.4 Å². The fraction of sp³-hybridized carbons (Fsp3) is 0.368. The standard InChI is InChI=1S/C19H21F3N2O2/c1-3-11-9-13(14(25)10-15(11)26-2)17-16(12-7-5-4-6-8-12)18(24-23-17)19(20,21)22/h4-10,16-18,23-25H,3H2,1-2H3.